The number of likely N-dealkylation sites (tertiary alicyclic amines) is 1. The van der Waals surface area contributed by atoms with Gasteiger partial charge in [-0.1, -0.05) is 24.6 Å². The van der Waals surface area contributed by atoms with Crippen LogP contribution in [0.3, 0.4) is 0 Å². The maximum absolute atomic E-state index is 2.74. The molecule has 0 saturated carbocycles. The molecule has 3 nitrogen and oxygen atoms in total. The van der Waals surface area contributed by atoms with Gasteiger partial charge in [0.05, 0.1) is 0 Å². The van der Waals surface area contributed by atoms with Crippen LogP contribution in [0.1, 0.15) is 31.7 Å². The summed E-state index contributed by atoms with van der Waals surface area (Å²) in [6.45, 7) is 13.2. The molecular formula is C19H31N3. The SMILES string of the molecule is CCCN1CCC(N2CCN(c3ccc(C)cc3)CC2)CC1. The molecule has 2 aliphatic rings. The molecule has 1 aromatic rings. The lowest BCUT2D eigenvalue weighted by molar-refractivity contribution is 0.103. The standard InChI is InChI=1S/C19H31N3/c1-3-10-20-11-8-19(9-12-20)22-15-13-21(14-16-22)18-6-4-17(2)5-7-18/h4-7,19H,3,8-16H2,1-2H3. The zero-order valence-corrected chi connectivity index (χ0v) is 14.3. The van der Waals surface area contributed by atoms with Crippen molar-refractivity contribution in [3.63, 3.8) is 0 Å². The normalized spacial score (nSPS) is 22.2. The van der Waals surface area contributed by atoms with Gasteiger partial charge < -0.3 is 9.80 Å². The molecule has 3 heteroatoms. The van der Waals surface area contributed by atoms with E-state index in [0.717, 1.165) is 6.04 Å². The Kier molecular flexibility index (Phi) is 5.37. The van der Waals surface area contributed by atoms with E-state index in [1.807, 2.05) is 0 Å². The molecule has 0 amide bonds. The molecule has 0 spiro atoms. The van der Waals surface area contributed by atoms with Crippen molar-refractivity contribution >= 4 is 5.69 Å². The summed E-state index contributed by atoms with van der Waals surface area (Å²) in [5.74, 6) is 0. The number of aryl methyl sites for hydroxylation is 1. The van der Waals surface area contributed by atoms with Gasteiger partial charge in [0.15, 0.2) is 0 Å². The molecule has 0 N–H and O–H groups in total. The average molecular weight is 301 g/mol. The highest BCUT2D eigenvalue weighted by molar-refractivity contribution is 5.47. The topological polar surface area (TPSA) is 9.72 Å². The van der Waals surface area contributed by atoms with E-state index in [0.29, 0.717) is 0 Å². The Labute approximate surface area is 135 Å². The summed E-state index contributed by atoms with van der Waals surface area (Å²) in [4.78, 5) is 7.93. The van der Waals surface area contributed by atoms with Gasteiger partial charge in [-0.25, -0.2) is 0 Å². The number of hydrogen-bond donors (Lipinski definition) is 0. The van der Waals surface area contributed by atoms with Crippen molar-refractivity contribution in [2.75, 3.05) is 50.7 Å². The van der Waals surface area contributed by atoms with Crippen molar-refractivity contribution < 1.29 is 0 Å². The van der Waals surface area contributed by atoms with Crippen LogP contribution in [0.2, 0.25) is 0 Å². The van der Waals surface area contributed by atoms with Crippen molar-refractivity contribution in [2.45, 2.75) is 39.2 Å². The van der Waals surface area contributed by atoms with Crippen molar-refractivity contribution in [3.05, 3.63) is 29.8 Å². The molecule has 3 rings (SSSR count). The van der Waals surface area contributed by atoms with E-state index in [-0.39, 0.29) is 0 Å². The number of anilines is 1. The van der Waals surface area contributed by atoms with E-state index in [1.165, 1.54) is 76.3 Å². The number of benzene rings is 1. The van der Waals surface area contributed by atoms with Crippen LogP contribution in [-0.2, 0) is 0 Å². The van der Waals surface area contributed by atoms with Gasteiger partial charge in [0.1, 0.15) is 0 Å². The fourth-order valence-electron chi connectivity index (χ4n) is 3.93. The van der Waals surface area contributed by atoms with E-state index >= 15 is 0 Å². The van der Waals surface area contributed by atoms with Gasteiger partial charge in [0.2, 0.25) is 0 Å². The fourth-order valence-corrected chi connectivity index (χ4v) is 3.93. The Balaban J connectivity index is 1.47. The van der Waals surface area contributed by atoms with Gasteiger partial charge in [-0.05, 0) is 58.0 Å². The van der Waals surface area contributed by atoms with E-state index in [9.17, 15) is 0 Å². The first-order chi connectivity index (χ1) is 10.8. The Morgan fingerprint density at radius 1 is 0.909 bits per heavy atom. The molecule has 2 aliphatic heterocycles. The zero-order chi connectivity index (χ0) is 15.4. The first-order valence-corrected chi connectivity index (χ1v) is 9.04. The third-order valence-electron chi connectivity index (χ3n) is 5.33. The molecule has 2 fully saturated rings. The lowest BCUT2D eigenvalue weighted by Crippen LogP contribution is -2.53. The molecular weight excluding hydrogens is 270 g/mol. The van der Waals surface area contributed by atoms with Crippen molar-refractivity contribution in [1.29, 1.82) is 0 Å². The highest BCUT2D eigenvalue weighted by atomic mass is 15.3. The summed E-state index contributed by atoms with van der Waals surface area (Å²) in [6.07, 6.45) is 4.02. The summed E-state index contributed by atoms with van der Waals surface area (Å²) >= 11 is 0. The first-order valence-electron chi connectivity index (χ1n) is 9.04. The number of rotatable bonds is 4. The van der Waals surface area contributed by atoms with Gasteiger partial charge in [0.25, 0.3) is 0 Å². The molecule has 2 heterocycles. The summed E-state index contributed by atoms with van der Waals surface area (Å²) in [5.41, 5.74) is 2.74. The van der Waals surface area contributed by atoms with Crippen LogP contribution in [0.25, 0.3) is 0 Å². The number of nitrogens with zero attached hydrogens (tertiary/aromatic N) is 3. The smallest absolute Gasteiger partial charge is 0.0367 e. The summed E-state index contributed by atoms with van der Waals surface area (Å²) < 4.78 is 0. The summed E-state index contributed by atoms with van der Waals surface area (Å²) in [5, 5.41) is 0. The van der Waals surface area contributed by atoms with Gasteiger partial charge >= 0.3 is 0 Å². The molecule has 0 unspecified atom stereocenters. The lowest BCUT2D eigenvalue weighted by atomic mass is 10.0. The Hall–Kier alpha value is -1.06. The molecule has 0 radical (unpaired) electrons. The molecule has 0 bridgehead atoms. The third kappa shape index (κ3) is 3.82. The van der Waals surface area contributed by atoms with E-state index in [2.05, 4.69) is 52.8 Å². The van der Waals surface area contributed by atoms with E-state index in [4.69, 9.17) is 0 Å². The lowest BCUT2D eigenvalue weighted by Gasteiger charge is -2.43. The minimum absolute atomic E-state index is 0.827. The second-order valence-corrected chi connectivity index (χ2v) is 6.93. The minimum Gasteiger partial charge on any atom is -0.369 e. The number of hydrogen-bond acceptors (Lipinski definition) is 3. The fraction of sp³-hybridized carbons (Fsp3) is 0.684. The number of piperidine rings is 1. The summed E-state index contributed by atoms with van der Waals surface area (Å²) in [6, 6.07) is 9.83. The minimum atomic E-state index is 0.827. The van der Waals surface area contributed by atoms with Crippen LogP contribution < -0.4 is 4.90 Å². The van der Waals surface area contributed by atoms with Crippen LogP contribution in [0.4, 0.5) is 5.69 Å². The van der Waals surface area contributed by atoms with Crippen molar-refractivity contribution in [2.24, 2.45) is 0 Å². The largest absolute Gasteiger partial charge is 0.369 e. The molecule has 0 atom stereocenters. The van der Waals surface area contributed by atoms with Crippen LogP contribution in [0.5, 0.6) is 0 Å². The summed E-state index contributed by atoms with van der Waals surface area (Å²) in [7, 11) is 0. The van der Waals surface area contributed by atoms with E-state index < -0.39 is 0 Å². The Morgan fingerprint density at radius 2 is 1.55 bits per heavy atom. The van der Waals surface area contributed by atoms with Gasteiger partial charge in [-0.15, -0.1) is 0 Å². The van der Waals surface area contributed by atoms with Gasteiger partial charge in [-0.3, -0.25) is 4.90 Å². The second-order valence-electron chi connectivity index (χ2n) is 6.93. The van der Waals surface area contributed by atoms with Gasteiger partial charge in [0, 0.05) is 37.9 Å². The molecule has 1 aromatic carbocycles. The maximum atomic E-state index is 2.74. The van der Waals surface area contributed by atoms with Crippen LogP contribution in [0.15, 0.2) is 24.3 Å². The maximum Gasteiger partial charge on any atom is 0.0367 e. The van der Waals surface area contributed by atoms with Gasteiger partial charge in [-0.2, -0.15) is 0 Å². The molecule has 0 aromatic heterocycles. The Morgan fingerprint density at radius 3 is 2.14 bits per heavy atom. The highest BCUT2D eigenvalue weighted by Gasteiger charge is 2.27. The van der Waals surface area contributed by atoms with Crippen molar-refractivity contribution in [1.82, 2.24) is 9.80 Å². The molecule has 0 aliphatic carbocycles. The third-order valence-corrected chi connectivity index (χ3v) is 5.33. The van der Waals surface area contributed by atoms with Crippen LogP contribution in [0, 0.1) is 6.92 Å². The quantitative estimate of drug-likeness (QED) is 0.846. The predicted octanol–water partition coefficient (Wildman–Crippen LogP) is 2.99. The van der Waals surface area contributed by atoms with Crippen LogP contribution in [-0.4, -0.2) is 61.7 Å². The van der Waals surface area contributed by atoms with Crippen LogP contribution >= 0.6 is 0 Å². The van der Waals surface area contributed by atoms with Crippen molar-refractivity contribution in [3.8, 4) is 0 Å². The Bertz CT molecular complexity index is 440. The average Bonchev–Trinajstić information content (AvgIpc) is 2.57. The monoisotopic (exact) mass is 301 g/mol. The molecule has 122 valence electrons. The molecule has 22 heavy (non-hydrogen) atoms. The number of piperazine rings is 1. The zero-order valence-electron chi connectivity index (χ0n) is 14.3. The first kappa shape index (κ1) is 15.8. The van der Waals surface area contributed by atoms with E-state index in [1.54, 1.807) is 0 Å². The highest BCUT2D eigenvalue weighted by Crippen LogP contribution is 2.21. The second kappa shape index (κ2) is 7.47. The predicted molar refractivity (Wildman–Crippen MR) is 94.7 cm³/mol. The molecule has 2 saturated heterocycles.